The number of benzene rings is 2. The van der Waals surface area contributed by atoms with Crippen molar-refractivity contribution in [2.75, 3.05) is 0 Å². The molecule has 1 aliphatic carbocycles. The van der Waals surface area contributed by atoms with Gasteiger partial charge in [0.15, 0.2) is 0 Å². The number of halogens is 3. The first-order chi connectivity index (χ1) is 18.5. The summed E-state index contributed by atoms with van der Waals surface area (Å²) < 4.78 is 31.0. The minimum Gasteiger partial charge on any atom is -0.480 e. The van der Waals surface area contributed by atoms with E-state index >= 15 is 0 Å². The van der Waals surface area contributed by atoms with Gasteiger partial charge in [0.25, 0.3) is 0 Å². The first kappa shape index (κ1) is 29.3. The third kappa shape index (κ3) is 6.55. The fraction of sp³-hybridized carbons (Fsp3) is 0.533. The minimum absolute atomic E-state index is 0.00612. The van der Waals surface area contributed by atoms with Crippen LogP contribution in [0.3, 0.4) is 0 Å². The molecule has 0 spiro atoms. The standard InChI is InChI=1S/C30H37ClF2N2O4/c1-30(2,3)23-24(34-17-20-16-21(31)14-15-22(20)39-29(32)33)25(18-10-6-4-7-11-18)35(26(23)28(37)38)27(36)19-12-8-5-9-13-19/h4,6-7,10-11,14-16,19,23-26,29,34H,5,8-9,12-13,17H2,1-3H3,(H,37,38). The number of hydrogen-bond acceptors (Lipinski definition) is 4. The molecule has 2 N–H and O–H groups in total. The van der Waals surface area contributed by atoms with Crippen molar-refractivity contribution in [3.8, 4) is 5.75 Å². The van der Waals surface area contributed by atoms with Gasteiger partial charge in [0, 0.05) is 35.0 Å². The Bertz CT molecular complexity index is 1150. The van der Waals surface area contributed by atoms with Crippen LogP contribution in [0.1, 0.15) is 70.0 Å². The monoisotopic (exact) mass is 562 g/mol. The highest BCUT2D eigenvalue weighted by atomic mass is 35.5. The molecule has 9 heteroatoms. The normalized spacial score (nSPS) is 24.2. The van der Waals surface area contributed by atoms with E-state index in [-0.39, 0.29) is 24.1 Å². The molecule has 4 atom stereocenters. The molecular weight excluding hydrogens is 526 g/mol. The summed E-state index contributed by atoms with van der Waals surface area (Å²) in [6.45, 7) is 3.02. The van der Waals surface area contributed by atoms with Gasteiger partial charge in [-0.2, -0.15) is 8.78 Å². The quantitative estimate of drug-likeness (QED) is 0.375. The zero-order chi connectivity index (χ0) is 28.3. The number of likely N-dealkylation sites (tertiary alicyclic amines) is 1. The summed E-state index contributed by atoms with van der Waals surface area (Å²) >= 11 is 6.19. The van der Waals surface area contributed by atoms with Crippen molar-refractivity contribution in [2.24, 2.45) is 17.3 Å². The molecule has 0 aromatic heterocycles. The van der Waals surface area contributed by atoms with E-state index in [9.17, 15) is 23.5 Å². The second-order valence-electron chi connectivity index (χ2n) is 11.6. The Kier molecular flexibility index (Phi) is 9.17. The maximum absolute atomic E-state index is 14.1. The van der Waals surface area contributed by atoms with Crippen LogP contribution in [0.25, 0.3) is 0 Å². The van der Waals surface area contributed by atoms with Gasteiger partial charge in [0.1, 0.15) is 11.8 Å². The molecule has 0 radical (unpaired) electrons. The molecule has 1 amide bonds. The number of alkyl halides is 2. The molecule has 2 aromatic rings. The van der Waals surface area contributed by atoms with Crippen molar-refractivity contribution < 1.29 is 28.2 Å². The van der Waals surface area contributed by atoms with E-state index in [2.05, 4.69) is 5.32 Å². The van der Waals surface area contributed by atoms with Gasteiger partial charge >= 0.3 is 12.6 Å². The van der Waals surface area contributed by atoms with Gasteiger partial charge in [-0.25, -0.2) is 4.79 Å². The van der Waals surface area contributed by atoms with Gasteiger partial charge in [-0.1, -0.05) is 82.0 Å². The van der Waals surface area contributed by atoms with E-state index in [0.29, 0.717) is 10.6 Å². The van der Waals surface area contributed by atoms with Crippen LogP contribution in [0.5, 0.6) is 5.75 Å². The number of nitrogens with one attached hydrogen (secondary N) is 1. The number of amides is 1. The highest BCUT2D eigenvalue weighted by Crippen LogP contribution is 2.49. The van der Waals surface area contributed by atoms with E-state index in [1.54, 1.807) is 11.0 Å². The third-order valence-corrected chi connectivity index (χ3v) is 8.27. The third-order valence-electron chi connectivity index (χ3n) is 8.04. The van der Waals surface area contributed by atoms with Crippen LogP contribution in [0.15, 0.2) is 48.5 Å². The molecule has 6 nitrogen and oxygen atoms in total. The van der Waals surface area contributed by atoms with Crippen LogP contribution in [0.2, 0.25) is 5.02 Å². The maximum atomic E-state index is 14.1. The molecular formula is C30H37ClF2N2O4. The average molecular weight is 563 g/mol. The highest BCUT2D eigenvalue weighted by Gasteiger charge is 2.58. The summed E-state index contributed by atoms with van der Waals surface area (Å²) in [6, 6.07) is 11.8. The summed E-state index contributed by atoms with van der Waals surface area (Å²) in [4.78, 5) is 28.7. The molecule has 0 bridgehead atoms. The summed E-state index contributed by atoms with van der Waals surface area (Å²) in [7, 11) is 0. The summed E-state index contributed by atoms with van der Waals surface area (Å²) in [5.41, 5.74) is 0.741. The SMILES string of the molecule is CC(C)(C)C1C(NCc2cc(Cl)ccc2OC(F)F)C(c2ccccc2)N(C(=O)C2CCCCC2)C1C(=O)O. The number of carbonyl (C=O) groups excluding carboxylic acids is 1. The Hall–Kier alpha value is -2.71. The number of carbonyl (C=O) groups is 2. The smallest absolute Gasteiger partial charge is 0.387 e. The topological polar surface area (TPSA) is 78.9 Å². The number of rotatable bonds is 8. The Morgan fingerprint density at radius 3 is 2.36 bits per heavy atom. The lowest BCUT2D eigenvalue weighted by Gasteiger charge is -2.36. The van der Waals surface area contributed by atoms with E-state index in [1.807, 2.05) is 51.1 Å². The lowest BCUT2D eigenvalue weighted by molar-refractivity contribution is -0.154. The van der Waals surface area contributed by atoms with Crippen LogP contribution in [0.4, 0.5) is 8.78 Å². The molecule has 2 fully saturated rings. The van der Waals surface area contributed by atoms with Crippen molar-refractivity contribution in [1.29, 1.82) is 0 Å². The molecule has 1 aliphatic heterocycles. The lowest BCUT2D eigenvalue weighted by Crippen LogP contribution is -2.49. The number of aliphatic carboxylic acids is 1. The van der Waals surface area contributed by atoms with E-state index in [1.165, 1.54) is 12.1 Å². The molecule has 4 unspecified atom stereocenters. The molecule has 212 valence electrons. The molecule has 1 saturated heterocycles. The van der Waals surface area contributed by atoms with E-state index in [0.717, 1.165) is 37.7 Å². The first-order valence-corrected chi connectivity index (χ1v) is 13.9. The van der Waals surface area contributed by atoms with E-state index < -0.39 is 42.0 Å². The Labute approximate surface area is 233 Å². The van der Waals surface area contributed by atoms with Crippen molar-refractivity contribution in [2.45, 2.75) is 84.2 Å². The zero-order valence-corrected chi connectivity index (χ0v) is 23.3. The summed E-state index contributed by atoms with van der Waals surface area (Å²) in [5, 5.41) is 14.4. The summed E-state index contributed by atoms with van der Waals surface area (Å²) in [5.74, 6) is -1.88. The molecule has 4 rings (SSSR count). The minimum atomic E-state index is -3.00. The number of carboxylic acid groups (broad SMARTS) is 1. The Morgan fingerprint density at radius 1 is 1.10 bits per heavy atom. The van der Waals surface area contributed by atoms with Crippen LogP contribution < -0.4 is 10.1 Å². The molecule has 2 aliphatic rings. The summed E-state index contributed by atoms with van der Waals surface area (Å²) in [6.07, 6.45) is 4.47. The fourth-order valence-corrected chi connectivity index (χ4v) is 6.61. The predicted octanol–water partition coefficient (Wildman–Crippen LogP) is 6.68. The Morgan fingerprint density at radius 2 is 1.77 bits per heavy atom. The van der Waals surface area contributed by atoms with E-state index in [4.69, 9.17) is 16.3 Å². The van der Waals surface area contributed by atoms with Crippen LogP contribution >= 0.6 is 11.6 Å². The van der Waals surface area contributed by atoms with Crippen molar-refractivity contribution >= 4 is 23.5 Å². The van der Waals surface area contributed by atoms with Crippen LogP contribution in [-0.4, -0.2) is 40.6 Å². The lowest BCUT2D eigenvalue weighted by atomic mass is 9.72. The van der Waals surface area contributed by atoms with Gasteiger partial charge in [0.05, 0.1) is 6.04 Å². The van der Waals surface area contributed by atoms with Crippen molar-refractivity contribution in [3.05, 3.63) is 64.7 Å². The largest absolute Gasteiger partial charge is 0.480 e. The molecule has 1 heterocycles. The number of hydrogen-bond donors (Lipinski definition) is 2. The number of ether oxygens (including phenoxy) is 1. The van der Waals surface area contributed by atoms with Crippen molar-refractivity contribution in [1.82, 2.24) is 10.2 Å². The Balaban J connectivity index is 1.79. The van der Waals surface area contributed by atoms with Gasteiger partial charge in [-0.15, -0.1) is 0 Å². The maximum Gasteiger partial charge on any atom is 0.387 e. The van der Waals surface area contributed by atoms with Gasteiger partial charge < -0.3 is 20.1 Å². The first-order valence-electron chi connectivity index (χ1n) is 13.6. The van der Waals surface area contributed by atoms with Gasteiger partial charge in [0.2, 0.25) is 5.91 Å². The highest BCUT2D eigenvalue weighted by molar-refractivity contribution is 6.30. The number of nitrogens with zero attached hydrogens (tertiary/aromatic N) is 1. The van der Waals surface area contributed by atoms with Gasteiger partial charge in [-0.05, 0) is 42.0 Å². The van der Waals surface area contributed by atoms with Crippen LogP contribution in [0, 0.1) is 17.3 Å². The van der Waals surface area contributed by atoms with Crippen LogP contribution in [-0.2, 0) is 16.1 Å². The number of carboxylic acids is 1. The predicted molar refractivity (Wildman–Crippen MR) is 146 cm³/mol. The zero-order valence-electron chi connectivity index (χ0n) is 22.6. The molecule has 39 heavy (non-hydrogen) atoms. The van der Waals surface area contributed by atoms with Gasteiger partial charge in [-0.3, -0.25) is 4.79 Å². The second-order valence-corrected chi connectivity index (χ2v) is 12.1. The average Bonchev–Trinajstić information content (AvgIpc) is 3.25. The van der Waals surface area contributed by atoms with Crippen molar-refractivity contribution in [3.63, 3.8) is 0 Å². The fourth-order valence-electron chi connectivity index (χ4n) is 6.41. The second kappa shape index (κ2) is 12.2. The molecule has 1 saturated carbocycles. The molecule has 2 aromatic carbocycles.